The topological polar surface area (TPSA) is 55.4 Å². The van der Waals surface area contributed by atoms with Gasteiger partial charge in [-0.15, -0.1) is 0 Å². The Labute approximate surface area is 111 Å². The Morgan fingerprint density at radius 2 is 1.89 bits per heavy atom. The average Bonchev–Trinajstić information content (AvgIpc) is 2.34. The molecule has 0 heterocycles. The lowest BCUT2D eigenvalue weighted by atomic mass is 10.2. The number of esters is 1. The summed E-state index contributed by atoms with van der Waals surface area (Å²) in [6, 6.07) is 2.79. The predicted octanol–water partition coefficient (Wildman–Crippen LogP) is 2.17. The molecule has 1 aromatic rings. The Morgan fingerprint density at radius 1 is 1.32 bits per heavy atom. The predicted molar refractivity (Wildman–Crippen MR) is 60.8 cm³/mol. The maximum Gasteiger partial charge on any atom is 0.419 e. The number of rotatable bonds is 3. The summed E-state index contributed by atoms with van der Waals surface area (Å²) in [5.41, 5.74) is -0.165. The zero-order chi connectivity index (χ0) is 14.6. The fourth-order valence-corrected chi connectivity index (χ4v) is 1.47. The molecule has 19 heavy (non-hydrogen) atoms. The van der Waals surface area contributed by atoms with Crippen LogP contribution in [0.15, 0.2) is 24.3 Å². The van der Waals surface area contributed by atoms with Crippen LogP contribution in [0.2, 0.25) is 5.02 Å². The van der Waals surface area contributed by atoms with Gasteiger partial charge in [-0.2, -0.15) is 13.2 Å². The number of methoxy groups -OCH3 is 1. The Balaban J connectivity index is 2.95. The number of carbonyl (C=O) groups is 2. The monoisotopic (exact) mass is 295 g/mol. The molecule has 0 saturated heterocycles. The lowest BCUT2D eigenvalue weighted by Crippen LogP contribution is -2.51. The molecule has 0 aliphatic carbocycles. The van der Waals surface area contributed by atoms with Crippen molar-refractivity contribution in [3.8, 4) is 0 Å². The molecule has 0 aromatic heterocycles. The molecule has 1 aromatic carbocycles. The minimum atomic E-state index is -4.95. The highest BCUT2D eigenvalue weighted by Gasteiger charge is 2.47. The molecule has 0 radical (unpaired) electrons. The molecule has 1 atom stereocenters. The van der Waals surface area contributed by atoms with E-state index in [9.17, 15) is 22.8 Å². The minimum absolute atomic E-state index is 0.0224. The molecule has 1 amide bonds. The van der Waals surface area contributed by atoms with Crippen molar-refractivity contribution < 1.29 is 27.5 Å². The van der Waals surface area contributed by atoms with Gasteiger partial charge < -0.3 is 10.1 Å². The molecule has 1 N–H and O–H groups in total. The van der Waals surface area contributed by atoms with Crippen LogP contribution in [0.4, 0.5) is 13.2 Å². The molecular weight excluding hydrogens is 287 g/mol. The van der Waals surface area contributed by atoms with Gasteiger partial charge in [0.2, 0.25) is 6.04 Å². The zero-order valence-electron chi connectivity index (χ0n) is 9.62. The second kappa shape index (κ2) is 5.92. The number of amides is 1. The highest BCUT2D eigenvalue weighted by molar-refractivity contribution is 6.33. The number of carbonyl (C=O) groups excluding carboxylic acids is 2. The van der Waals surface area contributed by atoms with Crippen LogP contribution in [0.1, 0.15) is 10.4 Å². The van der Waals surface area contributed by atoms with Crippen LogP contribution in [-0.4, -0.2) is 31.2 Å². The molecule has 0 aliphatic heterocycles. The first-order chi connectivity index (χ1) is 8.77. The Bertz CT molecular complexity index is 490. The molecule has 0 saturated carbocycles. The van der Waals surface area contributed by atoms with Gasteiger partial charge in [0, 0.05) is 0 Å². The van der Waals surface area contributed by atoms with E-state index in [-0.39, 0.29) is 10.6 Å². The van der Waals surface area contributed by atoms with Crippen molar-refractivity contribution >= 4 is 23.5 Å². The molecule has 4 nitrogen and oxygen atoms in total. The van der Waals surface area contributed by atoms with E-state index < -0.39 is 24.1 Å². The summed E-state index contributed by atoms with van der Waals surface area (Å²) in [5.74, 6) is -2.72. The van der Waals surface area contributed by atoms with Gasteiger partial charge in [-0.25, -0.2) is 4.79 Å². The van der Waals surface area contributed by atoms with Crippen molar-refractivity contribution in [1.29, 1.82) is 0 Å². The molecule has 0 fully saturated rings. The van der Waals surface area contributed by atoms with Crippen molar-refractivity contribution in [3.63, 3.8) is 0 Å². The van der Waals surface area contributed by atoms with E-state index in [1.54, 1.807) is 5.32 Å². The molecule has 8 heteroatoms. The van der Waals surface area contributed by atoms with Crippen molar-refractivity contribution in [2.75, 3.05) is 7.11 Å². The summed E-state index contributed by atoms with van der Waals surface area (Å²) in [7, 11) is 0.794. The van der Waals surface area contributed by atoms with Gasteiger partial charge in [-0.05, 0) is 12.1 Å². The SMILES string of the molecule is COC(=O)C(NC(=O)c1ccccc1Cl)C(F)(F)F. The first kappa shape index (κ1) is 15.3. The zero-order valence-corrected chi connectivity index (χ0v) is 10.4. The van der Waals surface area contributed by atoms with Gasteiger partial charge in [-0.1, -0.05) is 23.7 Å². The average molecular weight is 296 g/mol. The third kappa shape index (κ3) is 3.85. The van der Waals surface area contributed by atoms with Crippen molar-refractivity contribution in [2.45, 2.75) is 12.2 Å². The van der Waals surface area contributed by atoms with Crippen LogP contribution >= 0.6 is 11.6 Å². The van der Waals surface area contributed by atoms with E-state index in [0.717, 1.165) is 7.11 Å². The van der Waals surface area contributed by atoms with Gasteiger partial charge in [0.25, 0.3) is 5.91 Å². The summed E-state index contributed by atoms with van der Waals surface area (Å²) < 4.78 is 41.8. The van der Waals surface area contributed by atoms with Crippen molar-refractivity contribution in [1.82, 2.24) is 5.32 Å². The number of benzene rings is 1. The summed E-state index contributed by atoms with van der Waals surface area (Å²) in [4.78, 5) is 22.7. The van der Waals surface area contributed by atoms with Gasteiger partial charge in [0.15, 0.2) is 0 Å². The van der Waals surface area contributed by atoms with Crippen molar-refractivity contribution in [3.05, 3.63) is 34.9 Å². The minimum Gasteiger partial charge on any atom is -0.467 e. The third-order valence-electron chi connectivity index (χ3n) is 2.16. The van der Waals surface area contributed by atoms with E-state index in [4.69, 9.17) is 11.6 Å². The second-order valence-electron chi connectivity index (χ2n) is 3.45. The normalized spacial score (nSPS) is 12.7. The van der Waals surface area contributed by atoms with Gasteiger partial charge in [0.1, 0.15) is 0 Å². The molecular formula is C11H9ClF3NO3. The quantitative estimate of drug-likeness (QED) is 0.870. The van der Waals surface area contributed by atoms with Crippen molar-refractivity contribution in [2.24, 2.45) is 0 Å². The summed E-state index contributed by atoms with van der Waals surface area (Å²) in [5, 5.41) is 1.52. The van der Waals surface area contributed by atoms with E-state index >= 15 is 0 Å². The number of hydrogen-bond acceptors (Lipinski definition) is 3. The van der Waals surface area contributed by atoms with Gasteiger partial charge >= 0.3 is 12.1 Å². The Morgan fingerprint density at radius 3 is 2.37 bits per heavy atom. The molecule has 1 unspecified atom stereocenters. The van der Waals surface area contributed by atoms with Crippen LogP contribution in [0, 0.1) is 0 Å². The molecule has 0 bridgehead atoms. The molecule has 104 valence electrons. The summed E-state index contributed by atoms with van der Waals surface area (Å²) in [6.07, 6.45) is -4.95. The van der Waals surface area contributed by atoms with E-state index in [1.807, 2.05) is 0 Å². The summed E-state index contributed by atoms with van der Waals surface area (Å²) in [6.45, 7) is 0. The number of nitrogens with one attached hydrogen (secondary N) is 1. The lowest BCUT2D eigenvalue weighted by Gasteiger charge is -2.19. The van der Waals surface area contributed by atoms with Crippen LogP contribution in [0.5, 0.6) is 0 Å². The van der Waals surface area contributed by atoms with E-state index in [0.29, 0.717) is 0 Å². The largest absolute Gasteiger partial charge is 0.467 e. The van der Waals surface area contributed by atoms with Crippen LogP contribution in [-0.2, 0) is 9.53 Å². The van der Waals surface area contributed by atoms with Gasteiger partial charge in [0.05, 0.1) is 17.7 Å². The van der Waals surface area contributed by atoms with Crippen LogP contribution in [0.3, 0.4) is 0 Å². The Kier molecular flexibility index (Phi) is 4.77. The van der Waals surface area contributed by atoms with Crippen LogP contribution < -0.4 is 5.32 Å². The fraction of sp³-hybridized carbons (Fsp3) is 0.273. The highest BCUT2D eigenvalue weighted by Crippen LogP contribution is 2.22. The number of alkyl halides is 3. The standard InChI is InChI=1S/C11H9ClF3NO3/c1-19-10(18)8(11(13,14)15)16-9(17)6-4-2-3-5-7(6)12/h2-5,8H,1H3,(H,16,17). The maximum atomic E-state index is 12.6. The number of hydrogen-bond donors (Lipinski definition) is 1. The van der Waals surface area contributed by atoms with Crippen LogP contribution in [0.25, 0.3) is 0 Å². The smallest absolute Gasteiger partial charge is 0.419 e. The molecule has 1 rings (SSSR count). The van der Waals surface area contributed by atoms with E-state index in [2.05, 4.69) is 4.74 Å². The Hall–Kier alpha value is -1.76. The first-order valence-corrected chi connectivity index (χ1v) is 5.35. The maximum absolute atomic E-state index is 12.6. The second-order valence-corrected chi connectivity index (χ2v) is 3.86. The molecule has 0 spiro atoms. The third-order valence-corrected chi connectivity index (χ3v) is 2.49. The first-order valence-electron chi connectivity index (χ1n) is 4.97. The van der Waals surface area contributed by atoms with E-state index in [1.165, 1.54) is 24.3 Å². The van der Waals surface area contributed by atoms with Gasteiger partial charge in [-0.3, -0.25) is 4.79 Å². The number of ether oxygens (including phenoxy) is 1. The highest BCUT2D eigenvalue weighted by atomic mass is 35.5. The fourth-order valence-electron chi connectivity index (χ4n) is 1.25. The lowest BCUT2D eigenvalue weighted by molar-refractivity contribution is -0.180. The summed E-state index contributed by atoms with van der Waals surface area (Å²) >= 11 is 5.67. The molecule has 0 aliphatic rings. The number of halogens is 4.